The van der Waals surface area contributed by atoms with E-state index >= 15 is 0 Å². The maximum Gasteiger partial charge on any atom is 0.0541 e. The van der Waals surface area contributed by atoms with E-state index in [0.717, 1.165) is 56.1 Å². The summed E-state index contributed by atoms with van der Waals surface area (Å²) in [5, 5.41) is 2.44. The van der Waals surface area contributed by atoms with E-state index in [0.29, 0.717) is 0 Å². The molecule has 1 heterocycles. The van der Waals surface area contributed by atoms with E-state index in [1.807, 2.05) is 12.2 Å². The Hall–Kier alpha value is -8.98. The van der Waals surface area contributed by atoms with Gasteiger partial charge in [0.25, 0.3) is 0 Å². The summed E-state index contributed by atoms with van der Waals surface area (Å²) in [6.07, 6.45) is 5.68. The van der Waals surface area contributed by atoms with Gasteiger partial charge in [-0.2, -0.15) is 0 Å². The fraction of sp³-hybridized carbons (Fsp3) is 0. The smallest absolute Gasteiger partial charge is 0.0541 e. The Morgan fingerprint density at radius 1 is 0.368 bits per heavy atom. The Balaban J connectivity index is 1.07. The van der Waals surface area contributed by atoms with Gasteiger partial charge < -0.3 is 9.47 Å². The second kappa shape index (κ2) is 18.5. The second-order valence-corrected chi connectivity index (χ2v) is 17.0. The van der Waals surface area contributed by atoms with Gasteiger partial charge in [0.05, 0.1) is 11.0 Å². The van der Waals surface area contributed by atoms with Crippen LogP contribution in [-0.4, -0.2) is 4.57 Å². The lowest BCUT2D eigenvalue weighted by Gasteiger charge is -2.27. The quantitative estimate of drug-likeness (QED) is 0.111. The molecule has 0 amide bonds. The molecule has 2 heteroatoms. The summed E-state index contributed by atoms with van der Waals surface area (Å²) in [6.45, 7) is 7.98. The van der Waals surface area contributed by atoms with Crippen LogP contribution in [0.2, 0.25) is 0 Å². The average molecular weight is 869 g/mol. The first-order chi connectivity index (χ1) is 33.6. The Labute approximate surface area is 399 Å². The normalized spacial score (nSPS) is 11.4. The maximum atomic E-state index is 4.06. The van der Waals surface area contributed by atoms with Crippen molar-refractivity contribution in [1.82, 2.24) is 4.57 Å². The lowest BCUT2D eigenvalue weighted by atomic mass is 9.87. The molecule has 322 valence electrons. The summed E-state index contributed by atoms with van der Waals surface area (Å²) in [5.41, 5.74) is 20.5. The first-order valence-electron chi connectivity index (χ1n) is 23.1. The molecule has 0 aliphatic heterocycles. The van der Waals surface area contributed by atoms with Crippen LogP contribution in [0, 0.1) is 0 Å². The molecule has 0 N–H and O–H groups in total. The second-order valence-electron chi connectivity index (χ2n) is 17.0. The third-order valence-electron chi connectivity index (χ3n) is 12.9. The van der Waals surface area contributed by atoms with Crippen LogP contribution in [0.4, 0.5) is 17.1 Å². The minimum atomic E-state index is 1.03. The molecule has 11 rings (SSSR count). The maximum absolute atomic E-state index is 4.06. The highest BCUT2D eigenvalue weighted by atomic mass is 15.1. The van der Waals surface area contributed by atoms with Crippen LogP contribution < -0.4 is 4.90 Å². The Kier molecular flexibility index (Phi) is 11.3. The molecule has 0 unspecified atom stereocenters. The van der Waals surface area contributed by atoms with Gasteiger partial charge in [-0.15, -0.1) is 0 Å². The monoisotopic (exact) mass is 868 g/mol. The molecule has 11 aromatic rings. The van der Waals surface area contributed by atoms with Crippen molar-refractivity contribution in [3.63, 3.8) is 0 Å². The molecule has 0 atom stereocenters. The van der Waals surface area contributed by atoms with E-state index < -0.39 is 0 Å². The molecule has 10 aromatic carbocycles. The number of benzene rings is 10. The van der Waals surface area contributed by atoms with Crippen LogP contribution in [0.25, 0.3) is 88.7 Å². The van der Waals surface area contributed by atoms with E-state index in [9.17, 15) is 0 Å². The van der Waals surface area contributed by atoms with Gasteiger partial charge in [0, 0.05) is 33.5 Å². The number of rotatable bonds is 12. The van der Waals surface area contributed by atoms with Crippen molar-refractivity contribution in [2.75, 3.05) is 4.90 Å². The van der Waals surface area contributed by atoms with Crippen LogP contribution in [0.3, 0.4) is 0 Å². The van der Waals surface area contributed by atoms with Crippen molar-refractivity contribution in [3.8, 4) is 61.3 Å². The molecule has 0 aliphatic rings. The molecule has 0 aliphatic carbocycles. The first-order valence-corrected chi connectivity index (χ1v) is 23.1. The summed E-state index contributed by atoms with van der Waals surface area (Å²) in [6, 6.07) is 90.0. The van der Waals surface area contributed by atoms with Gasteiger partial charge in [-0.25, -0.2) is 0 Å². The van der Waals surface area contributed by atoms with Crippen molar-refractivity contribution in [2.45, 2.75) is 0 Å². The summed E-state index contributed by atoms with van der Waals surface area (Å²) < 4.78 is 2.40. The minimum absolute atomic E-state index is 1.03. The Morgan fingerprint density at radius 3 is 1.41 bits per heavy atom. The Bertz CT molecular complexity index is 3600. The fourth-order valence-corrected chi connectivity index (χ4v) is 9.71. The average Bonchev–Trinajstić information content (AvgIpc) is 3.74. The third-order valence-corrected chi connectivity index (χ3v) is 12.9. The summed E-state index contributed by atoms with van der Waals surface area (Å²) >= 11 is 0. The predicted octanol–water partition coefficient (Wildman–Crippen LogP) is 18.3. The minimum Gasteiger partial charge on any atom is -0.310 e. The van der Waals surface area contributed by atoms with Crippen molar-refractivity contribution in [1.29, 1.82) is 0 Å². The number of nitrogens with zero attached hydrogens (tertiary/aromatic N) is 2. The summed E-state index contributed by atoms with van der Waals surface area (Å²) in [5.74, 6) is 0. The summed E-state index contributed by atoms with van der Waals surface area (Å²) in [4.78, 5) is 2.35. The zero-order valence-electron chi connectivity index (χ0n) is 37.7. The third kappa shape index (κ3) is 7.95. The van der Waals surface area contributed by atoms with Gasteiger partial charge in [0.2, 0.25) is 0 Å². The molecule has 68 heavy (non-hydrogen) atoms. The zero-order chi connectivity index (χ0) is 45.8. The van der Waals surface area contributed by atoms with Crippen LogP contribution >= 0.6 is 0 Å². The molecular weight excluding hydrogens is 821 g/mol. The van der Waals surface area contributed by atoms with Gasteiger partial charge in [-0.05, 0) is 140 Å². The topological polar surface area (TPSA) is 8.17 Å². The molecule has 0 fully saturated rings. The highest BCUT2D eigenvalue weighted by molar-refractivity contribution is 6.12. The molecule has 0 radical (unpaired) electrons. The molecule has 2 nitrogen and oxygen atoms in total. The van der Waals surface area contributed by atoms with Crippen molar-refractivity contribution < 1.29 is 0 Å². The highest BCUT2D eigenvalue weighted by Gasteiger charge is 2.20. The lowest BCUT2D eigenvalue weighted by Crippen LogP contribution is -2.10. The number of hydrogen-bond donors (Lipinski definition) is 0. The van der Waals surface area contributed by atoms with E-state index in [-0.39, 0.29) is 0 Å². The SMILES string of the molecule is C=C/C=C(\C=C)c1ccc(N(c2ccc(-c3ccccc3)cc2)c2cccc(-c3cccc(-c4ccc5c(c4)c4cc(-c6ccccc6)ccc4n5-c4ccccc4)c3-c3ccccc3)c2)cc1. The molecule has 0 spiro atoms. The molecular formula is C66H48N2. The molecule has 0 saturated carbocycles. The number of aromatic nitrogens is 1. The predicted molar refractivity (Wildman–Crippen MR) is 291 cm³/mol. The van der Waals surface area contributed by atoms with Crippen molar-refractivity contribution >= 4 is 44.4 Å². The fourth-order valence-electron chi connectivity index (χ4n) is 9.71. The van der Waals surface area contributed by atoms with E-state index in [2.05, 4.69) is 271 Å². The van der Waals surface area contributed by atoms with E-state index in [4.69, 9.17) is 0 Å². The van der Waals surface area contributed by atoms with Crippen molar-refractivity contribution in [3.05, 3.63) is 286 Å². The number of fused-ring (bicyclic) bond motifs is 3. The van der Waals surface area contributed by atoms with E-state index in [1.165, 1.54) is 55.2 Å². The number of hydrogen-bond acceptors (Lipinski definition) is 1. The number of allylic oxidation sites excluding steroid dienone is 4. The number of para-hydroxylation sites is 1. The molecule has 0 bridgehead atoms. The van der Waals surface area contributed by atoms with Crippen LogP contribution in [-0.2, 0) is 0 Å². The van der Waals surface area contributed by atoms with Gasteiger partial charge in [-0.1, -0.05) is 207 Å². The largest absolute Gasteiger partial charge is 0.310 e. The van der Waals surface area contributed by atoms with Crippen LogP contribution in [0.15, 0.2) is 280 Å². The van der Waals surface area contributed by atoms with Crippen LogP contribution in [0.1, 0.15) is 5.56 Å². The summed E-state index contributed by atoms with van der Waals surface area (Å²) in [7, 11) is 0. The highest BCUT2D eigenvalue weighted by Crippen LogP contribution is 2.45. The molecule has 0 saturated heterocycles. The van der Waals surface area contributed by atoms with Crippen molar-refractivity contribution in [2.24, 2.45) is 0 Å². The van der Waals surface area contributed by atoms with Gasteiger partial charge in [-0.3, -0.25) is 0 Å². The van der Waals surface area contributed by atoms with E-state index in [1.54, 1.807) is 6.08 Å². The van der Waals surface area contributed by atoms with Gasteiger partial charge in [0.1, 0.15) is 0 Å². The lowest BCUT2D eigenvalue weighted by molar-refractivity contribution is 1.18. The molecule has 1 aromatic heterocycles. The Morgan fingerprint density at radius 2 is 0.824 bits per heavy atom. The van der Waals surface area contributed by atoms with Gasteiger partial charge in [0.15, 0.2) is 0 Å². The van der Waals surface area contributed by atoms with Crippen LogP contribution in [0.5, 0.6) is 0 Å². The van der Waals surface area contributed by atoms with Gasteiger partial charge >= 0.3 is 0 Å². The zero-order valence-corrected chi connectivity index (χ0v) is 37.7. The number of anilines is 3. The first kappa shape index (κ1) is 41.7. The standard InChI is InChI=1S/C66H48N2/c1-3-19-47(4-2)50-32-38-57(39-33-50)67(58-40-34-51(35-41-58)48-20-9-5-10-21-48)59-29-17-26-54(44-59)60-30-18-31-61(66(60)52-24-13-7-14-25-52)55-37-43-65-63(46-55)62-45-53(49-22-11-6-12-23-49)36-42-64(62)68(65)56-27-15-8-16-28-56/h3-46H,1-2H2/b47-19+.